The molecular formula is C46H32F3N5O. The molecule has 1 aliphatic rings. The average Bonchev–Trinajstić information content (AvgIpc) is 3.93. The number of fused-ring (bicyclic) bond motifs is 1. The molecule has 0 radical (unpaired) electrons. The maximum absolute atomic E-state index is 15.9. The zero-order chi connectivity index (χ0) is 37.5. The van der Waals surface area contributed by atoms with Crippen molar-refractivity contribution in [3.8, 4) is 33.6 Å². The van der Waals surface area contributed by atoms with E-state index in [0.29, 0.717) is 39.0 Å². The first-order chi connectivity index (χ1) is 26.9. The SMILES string of the molecule is O=C(NC1CC1)c1ccc(-c2ncnc3ccc(-c4cn(C(c5ccccc5)(c5ccccc5)c5ccccc5)nc4-c4ccc(F)cc4F)cc23)cc1F. The molecular weight excluding hydrogens is 696 g/mol. The molecule has 2 aromatic heterocycles. The maximum Gasteiger partial charge on any atom is 0.254 e. The molecule has 9 rings (SSSR count). The standard InChI is InChI=1S/C46H32F3N5O/c47-34-18-22-36(41(49)26-34)44-39(27-54(53-44)46(31-10-4-1-5-11-31,32-12-6-2-7-13-32)33-14-8-3-9-15-33)29-17-23-42-38(24-29)43(51-28-50-42)30-16-21-37(40(48)25-30)45(55)52-35-19-20-35/h1-18,21-28,35H,19-20H2,(H,52,55). The molecule has 6 aromatic carbocycles. The van der Waals surface area contributed by atoms with Gasteiger partial charge in [0.05, 0.1) is 16.8 Å². The number of nitrogens with one attached hydrogen (secondary N) is 1. The molecule has 55 heavy (non-hydrogen) atoms. The van der Waals surface area contributed by atoms with Crippen molar-refractivity contribution >= 4 is 16.8 Å². The maximum atomic E-state index is 15.9. The number of benzene rings is 6. The van der Waals surface area contributed by atoms with Gasteiger partial charge < -0.3 is 5.32 Å². The molecule has 1 amide bonds. The molecule has 1 N–H and O–H groups in total. The van der Waals surface area contributed by atoms with Gasteiger partial charge in [0.15, 0.2) is 0 Å². The minimum atomic E-state index is -1.02. The van der Waals surface area contributed by atoms with Crippen molar-refractivity contribution in [1.29, 1.82) is 0 Å². The van der Waals surface area contributed by atoms with Crippen LogP contribution in [0, 0.1) is 17.5 Å². The third-order valence-electron chi connectivity index (χ3n) is 10.2. The lowest BCUT2D eigenvalue weighted by atomic mass is 9.77. The summed E-state index contributed by atoms with van der Waals surface area (Å²) in [5.41, 5.74) is 4.81. The average molecular weight is 728 g/mol. The van der Waals surface area contributed by atoms with E-state index in [0.717, 1.165) is 35.6 Å². The Labute approximate surface area is 315 Å². The summed E-state index contributed by atoms with van der Waals surface area (Å²) in [6, 6.07) is 43.5. The van der Waals surface area contributed by atoms with Crippen LogP contribution in [-0.4, -0.2) is 31.7 Å². The van der Waals surface area contributed by atoms with Crippen LogP contribution in [0.3, 0.4) is 0 Å². The van der Waals surface area contributed by atoms with Crippen molar-refractivity contribution in [2.24, 2.45) is 0 Å². The Hall–Kier alpha value is -6.87. The molecule has 268 valence electrons. The van der Waals surface area contributed by atoms with Crippen LogP contribution >= 0.6 is 0 Å². The predicted molar refractivity (Wildman–Crippen MR) is 207 cm³/mol. The van der Waals surface area contributed by atoms with Crippen molar-refractivity contribution in [3.63, 3.8) is 0 Å². The number of nitrogens with zero attached hydrogens (tertiary/aromatic N) is 4. The van der Waals surface area contributed by atoms with E-state index in [4.69, 9.17) is 5.10 Å². The topological polar surface area (TPSA) is 72.7 Å². The van der Waals surface area contributed by atoms with Gasteiger partial charge in [0.2, 0.25) is 0 Å². The van der Waals surface area contributed by atoms with E-state index in [1.165, 1.54) is 30.6 Å². The van der Waals surface area contributed by atoms with Gasteiger partial charge in [-0.3, -0.25) is 9.48 Å². The second-order valence-electron chi connectivity index (χ2n) is 13.7. The van der Waals surface area contributed by atoms with Crippen LogP contribution in [0.25, 0.3) is 44.5 Å². The van der Waals surface area contributed by atoms with Crippen molar-refractivity contribution in [2.45, 2.75) is 24.4 Å². The van der Waals surface area contributed by atoms with Gasteiger partial charge in [-0.25, -0.2) is 23.1 Å². The van der Waals surface area contributed by atoms with Crippen LogP contribution in [-0.2, 0) is 5.54 Å². The lowest BCUT2D eigenvalue weighted by molar-refractivity contribution is 0.0947. The quantitative estimate of drug-likeness (QED) is 0.150. The molecule has 0 aliphatic heterocycles. The third-order valence-corrected chi connectivity index (χ3v) is 10.2. The van der Waals surface area contributed by atoms with E-state index < -0.39 is 28.9 Å². The second kappa shape index (κ2) is 13.8. The zero-order valence-corrected chi connectivity index (χ0v) is 29.3. The molecule has 1 saturated carbocycles. The Morgan fingerprint density at radius 3 is 1.87 bits per heavy atom. The van der Waals surface area contributed by atoms with Crippen LogP contribution in [0.4, 0.5) is 13.2 Å². The Kier molecular flexibility index (Phi) is 8.54. The number of halogens is 3. The fraction of sp³-hybridized carbons (Fsp3) is 0.0870. The van der Waals surface area contributed by atoms with Gasteiger partial charge >= 0.3 is 0 Å². The molecule has 0 unspecified atom stereocenters. The van der Waals surface area contributed by atoms with E-state index in [-0.39, 0.29) is 17.2 Å². The lowest BCUT2D eigenvalue weighted by Crippen LogP contribution is -2.38. The Morgan fingerprint density at radius 2 is 1.27 bits per heavy atom. The molecule has 0 atom stereocenters. The van der Waals surface area contributed by atoms with Crippen molar-refractivity contribution in [1.82, 2.24) is 25.1 Å². The van der Waals surface area contributed by atoms with E-state index in [1.54, 1.807) is 6.07 Å². The van der Waals surface area contributed by atoms with Crippen LogP contribution in [0.5, 0.6) is 0 Å². The Bertz CT molecular complexity index is 2600. The van der Waals surface area contributed by atoms with Gasteiger partial charge in [-0.05, 0) is 71.5 Å². The predicted octanol–water partition coefficient (Wildman–Crippen LogP) is 9.98. The first-order valence-electron chi connectivity index (χ1n) is 18.0. The summed E-state index contributed by atoms with van der Waals surface area (Å²) in [6.45, 7) is 0. The molecule has 1 fully saturated rings. The molecule has 0 spiro atoms. The van der Waals surface area contributed by atoms with Gasteiger partial charge in [-0.1, -0.05) is 103 Å². The summed E-state index contributed by atoms with van der Waals surface area (Å²) in [5.74, 6) is -2.57. The number of aromatic nitrogens is 4. The van der Waals surface area contributed by atoms with Crippen LogP contribution in [0.1, 0.15) is 39.9 Å². The number of carbonyl (C=O) groups is 1. The fourth-order valence-electron chi connectivity index (χ4n) is 7.36. The lowest BCUT2D eigenvalue weighted by Gasteiger charge is -2.36. The summed E-state index contributed by atoms with van der Waals surface area (Å²) >= 11 is 0. The number of rotatable bonds is 9. The summed E-state index contributed by atoms with van der Waals surface area (Å²) in [5, 5.41) is 8.65. The van der Waals surface area contributed by atoms with E-state index in [9.17, 15) is 9.18 Å². The van der Waals surface area contributed by atoms with E-state index in [1.807, 2.05) is 120 Å². The highest BCUT2D eigenvalue weighted by molar-refractivity contribution is 5.98. The monoisotopic (exact) mass is 727 g/mol. The molecule has 1 aliphatic carbocycles. The number of hydrogen-bond donors (Lipinski definition) is 1. The highest BCUT2D eigenvalue weighted by Gasteiger charge is 2.40. The molecule has 2 heterocycles. The van der Waals surface area contributed by atoms with Gasteiger partial charge in [0.25, 0.3) is 5.91 Å². The van der Waals surface area contributed by atoms with Crippen LogP contribution < -0.4 is 5.32 Å². The molecule has 8 aromatic rings. The number of hydrogen-bond acceptors (Lipinski definition) is 4. The smallest absolute Gasteiger partial charge is 0.254 e. The fourth-order valence-corrected chi connectivity index (χ4v) is 7.36. The minimum absolute atomic E-state index is 0.0354. The van der Waals surface area contributed by atoms with Gasteiger partial charge in [0, 0.05) is 40.4 Å². The van der Waals surface area contributed by atoms with Crippen molar-refractivity contribution in [2.75, 3.05) is 0 Å². The normalized spacial score (nSPS) is 12.9. The van der Waals surface area contributed by atoms with Gasteiger partial charge in [0.1, 0.15) is 35.0 Å². The number of amides is 1. The minimum Gasteiger partial charge on any atom is -0.349 e. The highest BCUT2D eigenvalue weighted by Crippen LogP contribution is 2.44. The van der Waals surface area contributed by atoms with Crippen molar-refractivity contribution in [3.05, 3.63) is 198 Å². The van der Waals surface area contributed by atoms with Gasteiger partial charge in [-0.15, -0.1) is 0 Å². The third kappa shape index (κ3) is 6.13. The Balaban J connectivity index is 1.28. The van der Waals surface area contributed by atoms with Crippen LogP contribution in [0.15, 0.2) is 158 Å². The summed E-state index contributed by atoms with van der Waals surface area (Å²) in [7, 11) is 0. The Morgan fingerprint density at radius 1 is 0.636 bits per heavy atom. The summed E-state index contributed by atoms with van der Waals surface area (Å²) in [4.78, 5) is 21.7. The van der Waals surface area contributed by atoms with Crippen molar-refractivity contribution < 1.29 is 18.0 Å². The molecule has 6 nitrogen and oxygen atoms in total. The summed E-state index contributed by atoms with van der Waals surface area (Å²) in [6.07, 6.45) is 5.08. The molecule has 9 heteroatoms. The first-order valence-corrected chi connectivity index (χ1v) is 18.0. The first kappa shape index (κ1) is 33.9. The molecule has 0 bridgehead atoms. The van der Waals surface area contributed by atoms with E-state index in [2.05, 4.69) is 15.3 Å². The zero-order valence-electron chi connectivity index (χ0n) is 29.3. The largest absolute Gasteiger partial charge is 0.349 e. The van der Waals surface area contributed by atoms with E-state index >= 15 is 8.78 Å². The second-order valence-corrected chi connectivity index (χ2v) is 13.7. The summed E-state index contributed by atoms with van der Waals surface area (Å²) < 4.78 is 47.5. The molecule has 0 saturated heterocycles. The van der Waals surface area contributed by atoms with Crippen LogP contribution in [0.2, 0.25) is 0 Å². The highest BCUT2D eigenvalue weighted by atomic mass is 19.1. The number of carbonyl (C=O) groups excluding carboxylic acids is 1. The van der Waals surface area contributed by atoms with Gasteiger partial charge in [-0.2, -0.15) is 5.10 Å².